The van der Waals surface area contributed by atoms with Crippen LogP contribution in [0.15, 0.2) is 0 Å². The highest BCUT2D eigenvalue weighted by Crippen LogP contribution is 2.16. The molecular weight excluding hydrogens is 204 g/mol. The zero-order chi connectivity index (χ0) is 12.1. The Morgan fingerprint density at radius 1 is 1.31 bits per heavy atom. The number of methoxy groups -OCH3 is 1. The predicted molar refractivity (Wildman–Crippen MR) is 64.4 cm³/mol. The van der Waals surface area contributed by atoms with Crippen LogP contribution in [0, 0.1) is 0 Å². The fourth-order valence-corrected chi connectivity index (χ4v) is 2.45. The van der Waals surface area contributed by atoms with Crippen LogP contribution in [-0.2, 0) is 9.53 Å². The van der Waals surface area contributed by atoms with E-state index in [1.54, 1.807) is 14.0 Å². The molecule has 4 nitrogen and oxygen atoms in total. The molecule has 0 N–H and O–H groups in total. The summed E-state index contributed by atoms with van der Waals surface area (Å²) in [7, 11) is 1.74. The summed E-state index contributed by atoms with van der Waals surface area (Å²) < 4.78 is 5.07. The van der Waals surface area contributed by atoms with Gasteiger partial charge in [0.1, 0.15) is 0 Å². The van der Waals surface area contributed by atoms with Gasteiger partial charge in [0.2, 0.25) is 5.91 Å². The minimum Gasteiger partial charge on any atom is -0.385 e. The van der Waals surface area contributed by atoms with E-state index in [-0.39, 0.29) is 5.91 Å². The predicted octanol–water partition coefficient (Wildman–Crippen LogP) is 0.964. The molecule has 94 valence electrons. The number of carbonyl (C=O) groups is 1. The largest absolute Gasteiger partial charge is 0.385 e. The average molecular weight is 228 g/mol. The standard InChI is InChI=1S/C12H24N2O2/c1-10-8-13(12(3)15)9-11(2)14(10)6-5-7-16-4/h10-11H,5-9H2,1-4H3. The van der Waals surface area contributed by atoms with Gasteiger partial charge in [-0.3, -0.25) is 9.69 Å². The highest BCUT2D eigenvalue weighted by atomic mass is 16.5. The number of piperazine rings is 1. The molecule has 0 aromatic rings. The van der Waals surface area contributed by atoms with Crippen LogP contribution in [0.2, 0.25) is 0 Å². The van der Waals surface area contributed by atoms with Crippen LogP contribution >= 0.6 is 0 Å². The number of hydrogen-bond acceptors (Lipinski definition) is 3. The molecule has 2 atom stereocenters. The van der Waals surface area contributed by atoms with Crippen LogP contribution in [0.5, 0.6) is 0 Å². The molecule has 0 bridgehead atoms. The van der Waals surface area contributed by atoms with Gasteiger partial charge >= 0.3 is 0 Å². The number of nitrogens with zero attached hydrogens (tertiary/aromatic N) is 2. The van der Waals surface area contributed by atoms with Gasteiger partial charge in [-0.1, -0.05) is 0 Å². The van der Waals surface area contributed by atoms with Gasteiger partial charge in [-0.2, -0.15) is 0 Å². The van der Waals surface area contributed by atoms with Crippen LogP contribution in [0.1, 0.15) is 27.2 Å². The Morgan fingerprint density at radius 3 is 2.31 bits per heavy atom. The second-order valence-corrected chi connectivity index (χ2v) is 4.71. The Balaban J connectivity index is 2.45. The van der Waals surface area contributed by atoms with E-state index in [1.807, 2.05) is 4.90 Å². The molecule has 1 aliphatic rings. The van der Waals surface area contributed by atoms with Crippen molar-refractivity contribution >= 4 is 5.91 Å². The Kier molecular flexibility index (Phi) is 5.22. The van der Waals surface area contributed by atoms with Crippen molar-refractivity contribution in [2.75, 3.05) is 33.4 Å². The molecule has 16 heavy (non-hydrogen) atoms. The zero-order valence-electron chi connectivity index (χ0n) is 10.9. The van der Waals surface area contributed by atoms with Gasteiger partial charge in [0.05, 0.1) is 0 Å². The molecule has 0 saturated carbocycles. The van der Waals surface area contributed by atoms with E-state index in [0.29, 0.717) is 12.1 Å². The summed E-state index contributed by atoms with van der Waals surface area (Å²) in [4.78, 5) is 15.8. The molecule has 2 unspecified atom stereocenters. The first-order chi connectivity index (χ1) is 7.56. The Labute approximate surface area is 98.5 Å². The van der Waals surface area contributed by atoms with Crippen LogP contribution in [0.4, 0.5) is 0 Å². The van der Waals surface area contributed by atoms with Crippen LogP contribution in [-0.4, -0.2) is 61.1 Å². The lowest BCUT2D eigenvalue weighted by molar-refractivity contribution is -0.133. The Hall–Kier alpha value is -0.610. The maximum absolute atomic E-state index is 11.3. The van der Waals surface area contributed by atoms with Crippen molar-refractivity contribution in [3.05, 3.63) is 0 Å². The number of carbonyl (C=O) groups excluding carboxylic acids is 1. The van der Waals surface area contributed by atoms with Crippen LogP contribution in [0.3, 0.4) is 0 Å². The molecule has 0 radical (unpaired) electrons. The van der Waals surface area contributed by atoms with E-state index in [4.69, 9.17) is 4.74 Å². The lowest BCUT2D eigenvalue weighted by Crippen LogP contribution is -2.57. The summed E-state index contributed by atoms with van der Waals surface area (Å²) in [5.74, 6) is 0.190. The van der Waals surface area contributed by atoms with Gasteiger partial charge < -0.3 is 9.64 Å². The topological polar surface area (TPSA) is 32.8 Å². The molecule has 0 aromatic carbocycles. The summed E-state index contributed by atoms with van der Waals surface area (Å²) in [6, 6.07) is 0.897. The first kappa shape index (κ1) is 13.5. The molecule has 1 rings (SSSR count). The molecule has 0 spiro atoms. The highest BCUT2D eigenvalue weighted by Gasteiger charge is 2.29. The fraction of sp³-hybridized carbons (Fsp3) is 0.917. The van der Waals surface area contributed by atoms with E-state index < -0.39 is 0 Å². The maximum Gasteiger partial charge on any atom is 0.219 e. The average Bonchev–Trinajstić information content (AvgIpc) is 2.21. The maximum atomic E-state index is 11.3. The Morgan fingerprint density at radius 2 is 1.88 bits per heavy atom. The molecule has 1 amide bonds. The minimum absolute atomic E-state index is 0.190. The van der Waals surface area contributed by atoms with E-state index in [2.05, 4.69) is 18.7 Å². The minimum atomic E-state index is 0.190. The van der Waals surface area contributed by atoms with Crippen molar-refractivity contribution in [3.63, 3.8) is 0 Å². The van der Waals surface area contributed by atoms with Crippen molar-refractivity contribution in [1.29, 1.82) is 0 Å². The van der Waals surface area contributed by atoms with Crippen molar-refractivity contribution in [3.8, 4) is 0 Å². The lowest BCUT2D eigenvalue weighted by Gasteiger charge is -2.44. The summed E-state index contributed by atoms with van der Waals surface area (Å²) in [6.45, 7) is 9.62. The molecular formula is C12H24N2O2. The molecule has 1 fully saturated rings. The van der Waals surface area contributed by atoms with E-state index >= 15 is 0 Å². The van der Waals surface area contributed by atoms with Crippen LogP contribution < -0.4 is 0 Å². The third-order valence-electron chi connectivity index (χ3n) is 3.31. The van der Waals surface area contributed by atoms with Gasteiger partial charge in [-0.05, 0) is 20.3 Å². The van der Waals surface area contributed by atoms with E-state index in [9.17, 15) is 4.79 Å². The quantitative estimate of drug-likeness (QED) is 0.672. The number of amides is 1. The van der Waals surface area contributed by atoms with Crippen LogP contribution in [0.25, 0.3) is 0 Å². The summed E-state index contributed by atoms with van der Waals surface area (Å²) >= 11 is 0. The van der Waals surface area contributed by atoms with Crippen molar-refractivity contribution in [1.82, 2.24) is 9.80 Å². The highest BCUT2D eigenvalue weighted by molar-refractivity contribution is 5.73. The number of rotatable bonds is 4. The summed E-state index contributed by atoms with van der Waals surface area (Å²) in [6.07, 6.45) is 1.06. The first-order valence-corrected chi connectivity index (χ1v) is 6.06. The zero-order valence-corrected chi connectivity index (χ0v) is 10.9. The second kappa shape index (κ2) is 6.21. The van der Waals surface area contributed by atoms with Gasteiger partial charge in [0, 0.05) is 52.4 Å². The molecule has 1 aliphatic heterocycles. The molecule has 1 saturated heterocycles. The molecule has 0 aromatic heterocycles. The summed E-state index contributed by atoms with van der Waals surface area (Å²) in [5, 5.41) is 0. The number of hydrogen-bond donors (Lipinski definition) is 0. The molecule has 1 heterocycles. The van der Waals surface area contributed by atoms with Crippen molar-refractivity contribution in [2.24, 2.45) is 0 Å². The molecule has 4 heteroatoms. The SMILES string of the molecule is COCCCN1C(C)CN(C(C)=O)CC1C. The van der Waals surface area contributed by atoms with Gasteiger partial charge in [0.25, 0.3) is 0 Å². The smallest absolute Gasteiger partial charge is 0.219 e. The normalized spacial score (nSPS) is 27.1. The third kappa shape index (κ3) is 3.46. The van der Waals surface area contributed by atoms with Crippen molar-refractivity contribution in [2.45, 2.75) is 39.3 Å². The third-order valence-corrected chi connectivity index (χ3v) is 3.31. The van der Waals surface area contributed by atoms with E-state index in [0.717, 1.165) is 32.7 Å². The monoisotopic (exact) mass is 228 g/mol. The summed E-state index contributed by atoms with van der Waals surface area (Å²) in [5.41, 5.74) is 0. The number of ether oxygens (including phenoxy) is 1. The molecule has 0 aliphatic carbocycles. The van der Waals surface area contributed by atoms with Gasteiger partial charge in [-0.25, -0.2) is 0 Å². The lowest BCUT2D eigenvalue weighted by atomic mass is 10.1. The fourth-order valence-electron chi connectivity index (χ4n) is 2.45. The Bertz CT molecular complexity index is 221. The van der Waals surface area contributed by atoms with E-state index in [1.165, 1.54) is 0 Å². The second-order valence-electron chi connectivity index (χ2n) is 4.71. The van der Waals surface area contributed by atoms with Crippen molar-refractivity contribution < 1.29 is 9.53 Å². The van der Waals surface area contributed by atoms with Gasteiger partial charge in [0.15, 0.2) is 0 Å². The van der Waals surface area contributed by atoms with Gasteiger partial charge in [-0.15, -0.1) is 0 Å². The first-order valence-electron chi connectivity index (χ1n) is 6.06.